The zero-order valence-corrected chi connectivity index (χ0v) is 11.7. The van der Waals surface area contributed by atoms with Gasteiger partial charge in [0, 0.05) is 30.5 Å². The summed E-state index contributed by atoms with van der Waals surface area (Å²) >= 11 is 0. The van der Waals surface area contributed by atoms with Crippen LogP contribution in [0.25, 0.3) is 11.3 Å². The summed E-state index contributed by atoms with van der Waals surface area (Å²) in [5.41, 5.74) is 3.32. The number of benzene rings is 1. The summed E-state index contributed by atoms with van der Waals surface area (Å²) in [4.78, 5) is 20.4. The molecule has 0 spiro atoms. The zero-order valence-electron chi connectivity index (χ0n) is 11.7. The number of Topliss-reactive ketones (excluding diaryl/α,β-unsaturated/α-hetero) is 1. The molecule has 0 unspecified atom stereocenters. The number of aryl methyl sites for hydroxylation is 1. The maximum atomic E-state index is 11.3. The van der Waals surface area contributed by atoms with Crippen LogP contribution in [-0.2, 0) is 4.79 Å². The molecule has 1 aliphatic carbocycles. The van der Waals surface area contributed by atoms with Crippen molar-refractivity contribution in [2.45, 2.75) is 38.5 Å². The number of nitrogens with zero attached hydrogens (tertiary/aromatic N) is 2. The van der Waals surface area contributed by atoms with Crippen molar-refractivity contribution in [3.05, 3.63) is 47.9 Å². The summed E-state index contributed by atoms with van der Waals surface area (Å²) in [6.07, 6.45) is 4.94. The van der Waals surface area contributed by atoms with E-state index in [4.69, 9.17) is 4.98 Å². The molecule has 0 radical (unpaired) electrons. The highest BCUT2D eigenvalue weighted by molar-refractivity contribution is 5.79. The van der Waals surface area contributed by atoms with E-state index in [0.717, 1.165) is 29.9 Å². The van der Waals surface area contributed by atoms with Gasteiger partial charge in [0.1, 0.15) is 11.6 Å². The van der Waals surface area contributed by atoms with Gasteiger partial charge in [-0.3, -0.25) is 4.79 Å². The van der Waals surface area contributed by atoms with Crippen molar-refractivity contribution in [3.63, 3.8) is 0 Å². The van der Waals surface area contributed by atoms with Crippen LogP contribution in [0.3, 0.4) is 0 Å². The highest BCUT2D eigenvalue weighted by Crippen LogP contribution is 2.30. The predicted octanol–water partition coefficient (Wildman–Crippen LogP) is 3.68. The average molecular weight is 266 g/mol. The second kappa shape index (κ2) is 5.53. The molecule has 1 saturated carbocycles. The van der Waals surface area contributed by atoms with Crippen LogP contribution in [0, 0.1) is 6.92 Å². The molecule has 0 aliphatic heterocycles. The van der Waals surface area contributed by atoms with Crippen molar-refractivity contribution >= 4 is 5.78 Å². The highest BCUT2D eigenvalue weighted by atomic mass is 16.1. The van der Waals surface area contributed by atoms with E-state index in [2.05, 4.69) is 30.1 Å². The minimum Gasteiger partial charge on any atom is -0.300 e. The van der Waals surface area contributed by atoms with Gasteiger partial charge < -0.3 is 0 Å². The van der Waals surface area contributed by atoms with Gasteiger partial charge in [-0.1, -0.05) is 23.8 Å². The number of ketones is 1. The van der Waals surface area contributed by atoms with Crippen LogP contribution in [0.15, 0.2) is 36.5 Å². The molecule has 20 heavy (non-hydrogen) atoms. The molecule has 0 N–H and O–H groups in total. The monoisotopic (exact) mass is 266 g/mol. The van der Waals surface area contributed by atoms with Crippen molar-refractivity contribution in [3.8, 4) is 11.3 Å². The van der Waals surface area contributed by atoms with Gasteiger partial charge in [-0.05, 0) is 31.9 Å². The van der Waals surface area contributed by atoms with Gasteiger partial charge in [-0.25, -0.2) is 9.97 Å². The Hall–Kier alpha value is -2.03. The van der Waals surface area contributed by atoms with Crippen molar-refractivity contribution < 1.29 is 4.79 Å². The summed E-state index contributed by atoms with van der Waals surface area (Å²) in [6.45, 7) is 2.08. The van der Waals surface area contributed by atoms with Crippen LogP contribution < -0.4 is 0 Å². The Morgan fingerprint density at radius 1 is 1.15 bits per heavy atom. The largest absolute Gasteiger partial charge is 0.300 e. The maximum absolute atomic E-state index is 11.3. The van der Waals surface area contributed by atoms with Gasteiger partial charge in [-0.2, -0.15) is 0 Å². The van der Waals surface area contributed by atoms with E-state index < -0.39 is 0 Å². The van der Waals surface area contributed by atoms with Gasteiger partial charge in [0.25, 0.3) is 0 Å². The SMILES string of the molecule is Cc1cccc(-c2ccnc(C3CCC(=O)CC3)n2)c1. The fourth-order valence-corrected chi connectivity index (χ4v) is 2.73. The Kier molecular flexibility index (Phi) is 3.59. The normalized spacial score (nSPS) is 16.4. The van der Waals surface area contributed by atoms with Crippen LogP contribution >= 0.6 is 0 Å². The van der Waals surface area contributed by atoms with Crippen molar-refractivity contribution in [1.29, 1.82) is 0 Å². The van der Waals surface area contributed by atoms with E-state index in [-0.39, 0.29) is 0 Å². The summed E-state index contributed by atoms with van der Waals surface area (Å²) in [7, 11) is 0. The second-order valence-electron chi connectivity index (χ2n) is 5.48. The Morgan fingerprint density at radius 2 is 1.95 bits per heavy atom. The third kappa shape index (κ3) is 2.77. The first-order valence-electron chi connectivity index (χ1n) is 7.14. The number of carbonyl (C=O) groups is 1. The molecule has 0 atom stereocenters. The predicted molar refractivity (Wildman–Crippen MR) is 78.4 cm³/mol. The first-order valence-corrected chi connectivity index (χ1v) is 7.14. The van der Waals surface area contributed by atoms with Gasteiger partial charge >= 0.3 is 0 Å². The van der Waals surface area contributed by atoms with Gasteiger partial charge in [0.2, 0.25) is 0 Å². The molecule has 3 nitrogen and oxygen atoms in total. The molecule has 0 bridgehead atoms. The fourth-order valence-electron chi connectivity index (χ4n) is 2.73. The number of rotatable bonds is 2. The first kappa shape index (κ1) is 13.0. The lowest BCUT2D eigenvalue weighted by Crippen LogP contribution is -2.14. The molecule has 1 aromatic heterocycles. The molecular weight excluding hydrogens is 248 g/mol. The van der Waals surface area contributed by atoms with Crippen LogP contribution in [0.2, 0.25) is 0 Å². The first-order chi connectivity index (χ1) is 9.72. The number of carbonyl (C=O) groups excluding carboxylic acids is 1. The third-order valence-corrected chi connectivity index (χ3v) is 3.90. The Bertz CT molecular complexity index is 626. The molecule has 0 saturated heterocycles. The fraction of sp³-hybridized carbons (Fsp3) is 0.353. The molecule has 1 aromatic carbocycles. The summed E-state index contributed by atoms with van der Waals surface area (Å²) in [6, 6.07) is 10.3. The molecule has 1 aliphatic rings. The van der Waals surface area contributed by atoms with Crippen LogP contribution in [0.1, 0.15) is 43.0 Å². The standard InChI is InChI=1S/C17H18N2O/c1-12-3-2-4-14(11-12)16-9-10-18-17(19-16)13-5-7-15(20)8-6-13/h2-4,9-11,13H,5-8H2,1H3. The Labute approximate surface area is 119 Å². The smallest absolute Gasteiger partial charge is 0.132 e. The molecule has 3 rings (SSSR count). The molecule has 2 aromatic rings. The number of hydrogen-bond donors (Lipinski definition) is 0. The topological polar surface area (TPSA) is 42.9 Å². The van der Waals surface area contributed by atoms with Gasteiger partial charge in [0.15, 0.2) is 0 Å². The zero-order chi connectivity index (χ0) is 13.9. The lowest BCUT2D eigenvalue weighted by molar-refractivity contribution is -0.120. The second-order valence-corrected chi connectivity index (χ2v) is 5.48. The van der Waals surface area contributed by atoms with Gasteiger partial charge in [0.05, 0.1) is 5.69 Å². The van der Waals surface area contributed by atoms with Gasteiger partial charge in [-0.15, -0.1) is 0 Å². The van der Waals surface area contributed by atoms with E-state index in [1.807, 2.05) is 18.3 Å². The lowest BCUT2D eigenvalue weighted by Gasteiger charge is -2.19. The van der Waals surface area contributed by atoms with E-state index in [1.54, 1.807) is 0 Å². The summed E-state index contributed by atoms with van der Waals surface area (Å²) < 4.78 is 0. The molecular formula is C17H18N2O. The number of aromatic nitrogens is 2. The summed E-state index contributed by atoms with van der Waals surface area (Å²) in [5, 5.41) is 0. The lowest BCUT2D eigenvalue weighted by atomic mass is 9.88. The summed E-state index contributed by atoms with van der Waals surface area (Å²) in [5.74, 6) is 1.59. The van der Waals surface area contributed by atoms with Crippen molar-refractivity contribution in [2.24, 2.45) is 0 Å². The molecule has 102 valence electrons. The molecule has 1 heterocycles. The molecule has 1 fully saturated rings. The average Bonchev–Trinajstić information content (AvgIpc) is 2.48. The van der Waals surface area contributed by atoms with Crippen molar-refractivity contribution in [2.75, 3.05) is 0 Å². The highest BCUT2D eigenvalue weighted by Gasteiger charge is 2.22. The molecule has 0 amide bonds. The van der Waals surface area contributed by atoms with E-state index in [0.29, 0.717) is 24.5 Å². The minimum absolute atomic E-state index is 0.331. The number of hydrogen-bond acceptors (Lipinski definition) is 3. The van der Waals surface area contributed by atoms with Crippen LogP contribution in [-0.4, -0.2) is 15.8 Å². The maximum Gasteiger partial charge on any atom is 0.132 e. The Balaban J connectivity index is 1.88. The molecule has 3 heteroatoms. The Morgan fingerprint density at radius 3 is 2.70 bits per heavy atom. The van der Waals surface area contributed by atoms with Crippen LogP contribution in [0.4, 0.5) is 0 Å². The van der Waals surface area contributed by atoms with E-state index >= 15 is 0 Å². The van der Waals surface area contributed by atoms with E-state index in [1.165, 1.54) is 5.56 Å². The van der Waals surface area contributed by atoms with E-state index in [9.17, 15) is 4.79 Å². The van der Waals surface area contributed by atoms with Crippen molar-refractivity contribution in [1.82, 2.24) is 9.97 Å². The quantitative estimate of drug-likeness (QED) is 0.832. The third-order valence-electron chi connectivity index (χ3n) is 3.90. The van der Waals surface area contributed by atoms with Crippen LogP contribution in [0.5, 0.6) is 0 Å². The minimum atomic E-state index is 0.331.